The van der Waals surface area contributed by atoms with Crippen LogP contribution < -0.4 is 5.56 Å². The maximum atomic E-state index is 12.8. The van der Waals surface area contributed by atoms with E-state index in [1.807, 2.05) is 37.4 Å². The monoisotopic (exact) mass is 434 g/mol. The van der Waals surface area contributed by atoms with Gasteiger partial charge in [0.2, 0.25) is 0 Å². The van der Waals surface area contributed by atoms with Gasteiger partial charge >= 0.3 is 0 Å². The molecule has 0 fully saturated rings. The molecular formula is C24H22N2O2S2. The van der Waals surface area contributed by atoms with Crippen LogP contribution in [0.25, 0.3) is 21.3 Å². The number of H-pyrrole nitrogens is 1. The van der Waals surface area contributed by atoms with E-state index in [0.29, 0.717) is 20.9 Å². The molecule has 4 nitrogen and oxygen atoms in total. The Balaban J connectivity index is 1.60. The summed E-state index contributed by atoms with van der Waals surface area (Å²) in [6.45, 7) is 8.13. The molecule has 30 heavy (non-hydrogen) atoms. The zero-order chi connectivity index (χ0) is 21.4. The highest BCUT2D eigenvalue weighted by Crippen LogP contribution is 2.33. The zero-order valence-corrected chi connectivity index (χ0v) is 19.0. The standard InChI is InChI=1S/C24H22N2O2S2/c1-13-5-8-18(16(4)9-13)19-11-29-23-21(19)22(28)25-24(26-23)30-12-20(27)17-7-6-14(2)15(3)10-17/h5-11H,12H2,1-4H3,(H,25,26,28). The third-order valence-corrected chi connectivity index (χ3v) is 7.01. The number of carbonyl (C=O) groups is 1. The molecular weight excluding hydrogens is 412 g/mol. The highest BCUT2D eigenvalue weighted by molar-refractivity contribution is 7.99. The summed E-state index contributed by atoms with van der Waals surface area (Å²) >= 11 is 2.72. The molecule has 2 heterocycles. The van der Waals surface area contributed by atoms with Crippen molar-refractivity contribution in [3.05, 3.63) is 79.9 Å². The second-order valence-electron chi connectivity index (χ2n) is 7.53. The molecule has 4 rings (SSSR count). The molecule has 0 spiro atoms. The van der Waals surface area contributed by atoms with Crippen molar-refractivity contribution >= 4 is 39.1 Å². The maximum absolute atomic E-state index is 12.8. The third kappa shape index (κ3) is 3.98. The van der Waals surface area contributed by atoms with Gasteiger partial charge in [0.05, 0.1) is 11.1 Å². The highest BCUT2D eigenvalue weighted by atomic mass is 32.2. The molecule has 0 bridgehead atoms. The van der Waals surface area contributed by atoms with Crippen molar-refractivity contribution < 1.29 is 4.79 Å². The minimum absolute atomic E-state index is 0.0213. The molecule has 0 aliphatic heterocycles. The summed E-state index contributed by atoms with van der Waals surface area (Å²) in [5, 5.41) is 3.06. The fourth-order valence-electron chi connectivity index (χ4n) is 3.44. The summed E-state index contributed by atoms with van der Waals surface area (Å²) in [5.41, 5.74) is 7.04. The predicted molar refractivity (Wildman–Crippen MR) is 126 cm³/mol. The van der Waals surface area contributed by atoms with Crippen molar-refractivity contribution in [2.75, 3.05) is 5.75 Å². The summed E-state index contributed by atoms with van der Waals surface area (Å²) in [6, 6.07) is 11.9. The topological polar surface area (TPSA) is 62.8 Å². The van der Waals surface area contributed by atoms with Gasteiger partial charge in [-0.3, -0.25) is 9.59 Å². The Morgan fingerprint density at radius 1 is 1.00 bits per heavy atom. The number of aryl methyl sites for hydroxylation is 4. The minimum Gasteiger partial charge on any atom is -0.301 e. The number of nitrogens with zero attached hydrogens (tertiary/aromatic N) is 1. The van der Waals surface area contributed by atoms with Crippen LogP contribution in [0.4, 0.5) is 0 Å². The molecule has 0 unspecified atom stereocenters. The first kappa shape index (κ1) is 20.6. The van der Waals surface area contributed by atoms with Gasteiger partial charge in [-0.2, -0.15) is 0 Å². The SMILES string of the molecule is Cc1ccc(-c2csc3nc(SCC(=O)c4ccc(C)c(C)c4)[nH]c(=O)c23)c(C)c1. The predicted octanol–water partition coefficient (Wildman–Crippen LogP) is 5.86. The van der Waals surface area contributed by atoms with Crippen LogP contribution in [-0.2, 0) is 0 Å². The molecule has 2 aromatic carbocycles. The van der Waals surface area contributed by atoms with E-state index in [4.69, 9.17) is 0 Å². The first-order chi connectivity index (χ1) is 14.3. The van der Waals surface area contributed by atoms with Crippen LogP contribution in [0.15, 0.2) is 51.7 Å². The van der Waals surface area contributed by atoms with E-state index in [-0.39, 0.29) is 17.1 Å². The number of Topliss-reactive ketones (excluding diaryl/α,β-unsaturated/α-hetero) is 1. The Kier molecular flexibility index (Phi) is 5.62. The van der Waals surface area contributed by atoms with E-state index < -0.39 is 0 Å². The average molecular weight is 435 g/mol. The number of thiophene rings is 1. The van der Waals surface area contributed by atoms with Crippen molar-refractivity contribution in [1.29, 1.82) is 0 Å². The Hall–Kier alpha value is -2.70. The number of hydrogen-bond donors (Lipinski definition) is 1. The average Bonchev–Trinajstić information content (AvgIpc) is 3.12. The maximum Gasteiger partial charge on any atom is 0.260 e. The molecule has 2 aromatic heterocycles. The Labute approximate surface area is 183 Å². The lowest BCUT2D eigenvalue weighted by molar-refractivity contribution is 0.102. The number of ketones is 1. The first-order valence-corrected chi connectivity index (χ1v) is 11.5. The lowest BCUT2D eigenvalue weighted by Gasteiger charge is -2.06. The lowest BCUT2D eigenvalue weighted by Crippen LogP contribution is -2.10. The van der Waals surface area contributed by atoms with Crippen LogP contribution in [0.2, 0.25) is 0 Å². The summed E-state index contributed by atoms with van der Waals surface area (Å²) in [5.74, 6) is 0.250. The van der Waals surface area contributed by atoms with Crippen LogP contribution in [0, 0.1) is 27.7 Å². The van der Waals surface area contributed by atoms with Gasteiger partial charge in [-0.1, -0.05) is 47.7 Å². The first-order valence-electron chi connectivity index (χ1n) is 9.66. The number of carbonyl (C=O) groups excluding carboxylic acids is 1. The molecule has 0 saturated carbocycles. The van der Waals surface area contributed by atoms with Crippen molar-refractivity contribution in [1.82, 2.24) is 9.97 Å². The lowest BCUT2D eigenvalue weighted by atomic mass is 9.99. The van der Waals surface area contributed by atoms with Gasteiger partial charge in [0.15, 0.2) is 10.9 Å². The van der Waals surface area contributed by atoms with Gasteiger partial charge in [0.1, 0.15) is 4.83 Å². The number of fused-ring (bicyclic) bond motifs is 1. The van der Waals surface area contributed by atoms with Gasteiger partial charge in [-0.25, -0.2) is 4.98 Å². The van der Waals surface area contributed by atoms with E-state index in [9.17, 15) is 9.59 Å². The minimum atomic E-state index is -0.169. The number of nitrogens with one attached hydrogen (secondary N) is 1. The molecule has 6 heteroatoms. The molecule has 152 valence electrons. The normalized spacial score (nSPS) is 11.2. The van der Waals surface area contributed by atoms with E-state index in [2.05, 4.69) is 42.0 Å². The Bertz CT molecular complexity index is 1340. The van der Waals surface area contributed by atoms with E-state index in [1.54, 1.807) is 0 Å². The number of aromatic nitrogens is 2. The van der Waals surface area contributed by atoms with Crippen molar-refractivity contribution in [2.24, 2.45) is 0 Å². The number of aromatic amines is 1. The van der Waals surface area contributed by atoms with E-state index >= 15 is 0 Å². The highest BCUT2D eigenvalue weighted by Gasteiger charge is 2.16. The fraction of sp³-hybridized carbons (Fsp3) is 0.208. The zero-order valence-electron chi connectivity index (χ0n) is 17.3. The summed E-state index contributed by atoms with van der Waals surface area (Å²) < 4.78 is 0. The third-order valence-electron chi connectivity index (χ3n) is 5.26. The molecule has 0 aliphatic carbocycles. The summed E-state index contributed by atoms with van der Waals surface area (Å²) in [6.07, 6.45) is 0. The smallest absolute Gasteiger partial charge is 0.260 e. The number of benzene rings is 2. The van der Waals surface area contributed by atoms with Crippen LogP contribution >= 0.6 is 23.1 Å². The van der Waals surface area contributed by atoms with Gasteiger partial charge in [0.25, 0.3) is 5.56 Å². The van der Waals surface area contributed by atoms with Crippen molar-refractivity contribution in [3.8, 4) is 11.1 Å². The number of hydrogen-bond acceptors (Lipinski definition) is 5. The number of rotatable bonds is 5. The molecule has 1 N–H and O–H groups in total. The van der Waals surface area contributed by atoms with E-state index in [0.717, 1.165) is 27.8 Å². The molecule has 0 aliphatic rings. The van der Waals surface area contributed by atoms with Crippen molar-refractivity contribution in [3.63, 3.8) is 0 Å². The molecule has 0 atom stereocenters. The van der Waals surface area contributed by atoms with Gasteiger partial charge < -0.3 is 4.98 Å². The molecule has 0 saturated heterocycles. The van der Waals surface area contributed by atoms with Gasteiger partial charge in [-0.15, -0.1) is 11.3 Å². The molecule has 4 aromatic rings. The second kappa shape index (κ2) is 8.20. The van der Waals surface area contributed by atoms with Gasteiger partial charge in [-0.05, 0) is 56.0 Å². The van der Waals surface area contributed by atoms with Crippen molar-refractivity contribution in [2.45, 2.75) is 32.9 Å². The van der Waals surface area contributed by atoms with Crippen LogP contribution in [0.3, 0.4) is 0 Å². The second-order valence-corrected chi connectivity index (χ2v) is 9.35. The largest absolute Gasteiger partial charge is 0.301 e. The molecule has 0 amide bonds. The summed E-state index contributed by atoms with van der Waals surface area (Å²) in [4.78, 5) is 33.5. The van der Waals surface area contributed by atoms with Gasteiger partial charge in [0, 0.05) is 16.5 Å². The van der Waals surface area contributed by atoms with Crippen LogP contribution in [0.5, 0.6) is 0 Å². The quantitative estimate of drug-likeness (QED) is 0.243. The number of thioether (sulfide) groups is 1. The molecule has 0 radical (unpaired) electrons. The Morgan fingerprint density at radius 3 is 2.53 bits per heavy atom. The Morgan fingerprint density at radius 2 is 1.80 bits per heavy atom. The van der Waals surface area contributed by atoms with Crippen LogP contribution in [0.1, 0.15) is 32.6 Å². The summed E-state index contributed by atoms with van der Waals surface area (Å²) in [7, 11) is 0. The van der Waals surface area contributed by atoms with E-state index in [1.165, 1.54) is 28.7 Å². The van der Waals surface area contributed by atoms with Crippen LogP contribution in [-0.4, -0.2) is 21.5 Å². The fourth-order valence-corrected chi connectivity index (χ4v) is 5.20.